The fourth-order valence-corrected chi connectivity index (χ4v) is 2.95. The molecule has 1 aliphatic heterocycles. The summed E-state index contributed by atoms with van der Waals surface area (Å²) in [7, 11) is 0. The molecule has 2 N–H and O–H groups in total. The summed E-state index contributed by atoms with van der Waals surface area (Å²) in [5.74, 6) is -0.260. The van der Waals surface area contributed by atoms with Gasteiger partial charge >= 0.3 is 0 Å². The van der Waals surface area contributed by atoms with Crippen LogP contribution >= 0.6 is 12.2 Å². The van der Waals surface area contributed by atoms with Crippen LogP contribution in [0.4, 0.5) is 15.8 Å². The topological polar surface area (TPSA) is 48.9 Å². The molecule has 1 fully saturated rings. The van der Waals surface area contributed by atoms with Crippen LogP contribution in [0.15, 0.2) is 47.6 Å². The van der Waals surface area contributed by atoms with Crippen molar-refractivity contribution in [2.24, 2.45) is 5.10 Å². The largest absolute Gasteiger partial charge is 0.378 e. The Labute approximate surface area is 164 Å². The van der Waals surface area contributed by atoms with Crippen molar-refractivity contribution < 1.29 is 9.13 Å². The van der Waals surface area contributed by atoms with Crippen molar-refractivity contribution in [2.45, 2.75) is 13.8 Å². The van der Waals surface area contributed by atoms with Gasteiger partial charge in [0.1, 0.15) is 5.82 Å². The predicted molar refractivity (Wildman–Crippen MR) is 112 cm³/mol. The smallest absolute Gasteiger partial charge is 0.191 e. The van der Waals surface area contributed by atoms with Crippen LogP contribution in [0, 0.1) is 12.7 Å². The molecule has 1 heterocycles. The highest BCUT2D eigenvalue weighted by molar-refractivity contribution is 7.80. The van der Waals surface area contributed by atoms with E-state index < -0.39 is 0 Å². The van der Waals surface area contributed by atoms with E-state index in [9.17, 15) is 4.39 Å². The molecule has 0 radical (unpaired) electrons. The Morgan fingerprint density at radius 3 is 2.52 bits per heavy atom. The molecule has 0 aliphatic carbocycles. The third kappa shape index (κ3) is 5.24. The molecule has 0 spiro atoms. The number of halogens is 1. The van der Waals surface area contributed by atoms with Crippen molar-refractivity contribution in [3.05, 3.63) is 59.4 Å². The Kier molecular flexibility index (Phi) is 6.36. The minimum absolute atomic E-state index is 0.260. The normalized spacial score (nSPS) is 14.8. The Bertz CT molecular complexity index is 832. The number of benzene rings is 2. The maximum absolute atomic E-state index is 14.5. The zero-order valence-electron chi connectivity index (χ0n) is 15.5. The molecular weight excluding hydrogens is 363 g/mol. The van der Waals surface area contributed by atoms with Gasteiger partial charge in [0, 0.05) is 24.3 Å². The zero-order valence-corrected chi connectivity index (χ0v) is 16.3. The van der Waals surface area contributed by atoms with E-state index >= 15 is 0 Å². The Balaban J connectivity index is 1.62. The zero-order chi connectivity index (χ0) is 19.2. The van der Waals surface area contributed by atoms with Crippen LogP contribution in [0.1, 0.15) is 18.1 Å². The van der Waals surface area contributed by atoms with Gasteiger partial charge in [0.25, 0.3) is 0 Å². The lowest BCUT2D eigenvalue weighted by molar-refractivity contribution is 0.122. The second kappa shape index (κ2) is 8.92. The molecule has 27 heavy (non-hydrogen) atoms. The molecule has 2 aromatic carbocycles. The number of nitrogens with one attached hydrogen (secondary N) is 2. The number of thiocarbonyl (C=S) groups is 1. The van der Waals surface area contributed by atoms with Crippen LogP contribution in [0.2, 0.25) is 0 Å². The standard InChI is InChI=1S/C20H23FN4OS/c1-14-3-6-17(7-4-14)22-20(27)24-23-15(2)16-5-8-19(18(21)13-16)25-9-11-26-12-10-25/h3-8,13H,9-12H2,1-2H3,(H2,22,24,27)/b23-15-. The number of hydrogen-bond donors (Lipinski definition) is 2. The van der Waals surface area contributed by atoms with Gasteiger partial charge in [0.2, 0.25) is 0 Å². The van der Waals surface area contributed by atoms with E-state index in [1.54, 1.807) is 6.07 Å². The monoisotopic (exact) mass is 386 g/mol. The van der Waals surface area contributed by atoms with Gasteiger partial charge in [-0.15, -0.1) is 0 Å². The van der Waals surface area contributed by atoms with Crippen molar-refractivity contribution in [1.82, 2.24) is 5.43 Å². The molecule has 2 aromatic rings. The first-order valence-electron chi connectivity index (χ1n) is 8.83. The van der Waals surface area contributed by atoms with E-state index in [2.05, 4.69) is 15.8 Å². The lowest BCUT2D eigenvalue weighted by Gasteiger charge is -2.29. The van der Waals surface area contributed by atoms with Crippen molar-refractivity contribution in [3.8, 4) is 0 Å². The van der Waals surface area contributed by atoms with Crippen molar-refractivity contribution >= 4 is 34.4 Å². The number of rotatable bonds is 4. The Hall–Kier alpha value is -2.51. The lowest BCUT2D eigenvalue weighted by Crippen LogP contribution is -2.36. The number of ether oxygens (including phenoxy) is 1. The van der Waals surface area contributed by atoms with Gasteiger partial charge in [-0.2, -0.15) is 5.10 Å². The van der Waals surface area contributed by atoms with E-state index in [1.807, 2.05) is 49.1 Å². The van der Waals surface area contributed by atoms with Crippen LogP contribution < -0.4 is 15.6 Å². The number of morpholine rings is 1. The molecule has 0 amide bonds. The lowest BCUT2D eigenvalue weighted by atomic mass is 10.1. The summed E-state index contributed by atoms with van der Waals surface area (Å²) >= 11 is 5.25. The summed E-state index contributed by atoms with van der Waals surface area (Å²) < 4.78 is 19.8. The molecule has 0 saturated carbocycles. The third-order valence-corrected chi connectivity index (χ3v) is 4.55. The van der Waals surface area contributed by atoms with Crippen molar-refractivity contribution in [3.63, 3.8) is 0 Å². The fraction of sp³-hybridized carbons (Fsp3) is 0.300. The van der Waals surface area contributed by atoms with Crippen LogP contribution in [0.3, 0.4) is 0 Å². The van der Waals surface area contributed by atoms with E-state index in [0.717, 1.165) is 5.69 Å². The second-order valence-corrected chi connectivity index (χ2v) is 6.80. The molecular formula is C20H23FN4OS. The van der Waals surface area contributed by atoms with E-state index in [-0.39, 0.29) is 5.82 Å². The Morgan fingerprint density at radius 2 is 1.85 bits per heavy atom. The molecule has 142 valence electrons. The number of anilines is 2. The highest BCUT2D eigenvalue weighted by Gasteiger charge is 2.15. The molecule has 1 aliphatic rings. The number of hydrazone groups is 1. The maximum atomic E-state index is 14.5. The second-order valence-electron chi connectivity index (χ2n) is 6.39. The quantitative estimate of drug-likeness (QED) is 0.477. The molecule has 5 nitrogen and oxygen atoms in total. The molecule has 0 bridgehead atoms. The van der Waals surface area contributed by atoms with Gasteiger partial charge < -0.3 is 15.0 Å². The highest BCUT2D eigenvalue weighted by atomic mass is 32.1. The van der Waals surface area contributed by atoms with Gasteiger partial charge in [-0.1, -0.05) is 23.8 Å². The van der Waals surface area contributed by atoms with Crippen LogP contribution in [-0.2, 0) is 4.74 Å². The molecule has 0 unspecified atom stereocenters. The van der Waals surface area contributed by atoms with E-state index in [1.165, 1.54) is 11.6 Å². The summed E-state index contributed by atoms with van der Waals surface area (Å²) in [5.41, 5.74) is 6.81. The third-order valence-electron chi connectivity index (χ3n) is 4.35. The summed E-state index contributed by atoms with van der Waals surface area (Å²) in [6.45, 7) is 6.48. The molecule has 1 saturated heterocycles. The van der Waals surface area contributed by atoms with E-state index in [4.69, 9.17) is 17.0 Å². The summed E-state index contributed by atoms with van der Waals surface area (Å²) in [6.07, 6.45) is 0. The minimum atomic E-state index is -0.260. The molecule has 7 heteroatoms. The molecule has 3 rings (SSSR count). The van der Waals surface area contributed by atoms with Crippen LogP contribution in [0.25, 0.3) is 0 Å². The van der Waals surface area contributed by atoms with E-state index in [0.29, 0.717) is 48.4 Å². The van der Waals surface area contributed by atoms with Gasteiger partial charge in [-0.25, -0.2) is 4.39 Å². The number of nitrogens with zero attached hydrogens (tertiary/aromatic N) is 2. The maximum Gasteiger partial charge on any atom is 0.191 e. The van der Waals surface area contributed by atoms with Crippen molar-refractivity contribution in [1.29, 1.82) is 0 Å². The average molecular weight is 386 g/mol. The van der Waals surface area contributed by atoms with Crippen molar-refractivity contribution in [2.75, 3.05) is 36.5 Å². The van der Waals surface area contributed by atoms with Gasteiger partial charge in [-0.05, 0) is 50.3 Å². The summed E-state index contributed by atoms with van der Waals surface area (Å²) in [4.78, 5) is 1.99. The van der Waals surface area contributed by atoms with Gasteiger partial charge in [0.05, 0.1) is 24.6 Å². The number of aryl methyl sites for hydroxylation is 1. The average Bonchev–Trinajstić information content (AvgIpc) is 2.68. The SMILES string of the molecule is C/C(=N/NC(=S)Nc1ccc(C)cc1)c1ccc(N2CCOCC2)c(F)c1. The highest BCUT2D eigenvalue weighted by Crippen LogP contribution is 2.22. The molecule has 0 atom stereocenters. The van der Waals surface area contributed by atoms with Crippen LogP contribution in [-0.4, -0.2) is 37.1 Å². The van der Waals surface area contributed by atoms with Gasteiger partial charge in [-0.3, -0.25) is 5.43 Å². The minimum Gasteiger partial charge on any atom is -0.378 e. The first kappa shape index (κ1) is 19.3. The van der Waals surface area contributed by atoms with Crippen LogP contribution in [0.5, 0.6) is 0 Å². The first-order chi connectivity index (χ1) is 13.0. The number of hydrogen-bond acceptors (Lipinski definition) is 4. The summed E-state index contributed by atoms with van der Waals surface area (Å²) in [5, 5.41) is 7.69. The molecule has 0 aromatic heterocycles. The summed E-state index contributed by atoms with van der Waals surface area (Å²) in [6, 6.07) is 13.0. The first-order valence-corrected chi connectivity index (χ1v) is 9.24. The predicted octanol–water partition coefficient (Wildman–Crippen LogP) is 3.68. The fourth-order valence-electron chi connectivity index (χ4n) is 2.79. The van der Waals surface area contributed by atoms with Gasteiger partial charge in [0.15, 0.2) is 5.11 Å². The Morgan fingerprint density at radius 1 is 1.15 bits per heavy atom.